The fourth-order valence-electron chi connectivity index (χ4n) is 2.88. The van der Waals surface area contributed by atoms with Crippen molar-refractivity contribution >= 4 is 33.3 Å². The number of fused-ring (bicyclic) bond motifs is 1. The Kier molecular flexibility index (Phi) is 3.23. The Hall–Kier alpha value is -0.390. The standard InChI is InChI=1S/C11H14BrClN4/c12-9-10(13)14-6-15-11(9)16-7-3-5-17-4-1-2-8(7)17/h6-8H,1-5H2,(H,14,15,16). The molecule has 2 saturated heterocycles. The van der Waals surface area contributed by atoms with Crippen molar-refractivity contribution in [3.8, 4) is 0 Å². The summed E-state index contributed by atoms with van der Waals surface area (Å²) >= 11 is 9.39. The lowest BCUT2D eigenvalue weighted by Crippen LogP contribution is -2.34. The number of nitrogens with one attached hydrogen (secondary N) is 1. The predicted molar refractivity (Wildman–Crippen MR) is 71.4 cm³/mol. The summed E-state index contributed by atoms with van der Waals surface area (Å²) in [5.74, 6) is 0.809. The molecule has 0 aromatic carbocycles. The molecule has 2 aliphatic heterocycles. The molecule has 17 heavy (non-hydrogen) atoms. The van der Waals surface area contributed by atoms with Crippen LogP contribution in [0.4, 0.5) is 5.82 Å². The number of aromatic nitrogens is 2. The summed E-state index contributed by atoms with van der Waals surface area (Å²) in [4.78, 5) is 10.7. The average molecular weight is 318 g/mol. The Bertz CT molecular complexity index is 428. The van der Waals surface area contributed by atoms with Gasteiger partial charge in [0.2, 0.25) is 0 Å². The second-order valence-corrected chi connectivity index (χ2v) is 5.76. The summed E-state index contributed by atoms with van der Waals surface area (Å²) in [6.07, 6.45) is 5.28. The first kappa shape index (κ1) is 11.7. The van der Waals surface area contributed by atoms with E-state index in [0.717, 1.165) is 10.3 Å². The third kappa shape index (κ3) is 2.16. The topological polar surface area (TPSA) is 41.1 Å². The van der Waals surface area contributed by atoms with Crippen LogP contribution in [0.25, 0.3) is 0 Å². The van der Waals surface area contributed by atoms with Gasteiger partial charge in [0.1, 0.15) is 17.3 Å². The van der Waals surface area contributed by atoms with Gasteiger partial charge in [-0.3, -0.25) is 4.90 Å². The van der Waals surface area contributed by atoms with Crippen LogP contribution in [0.15, 0.2) is 10.8 Å². The smallest absolute Gasteiger partial charge is 0.148 e. The van der Waals surface area contributed by atoms with Gasteiger partial charge in [0.15, 0.2) is 0 Å². The molecule has 1 aromatic rings. The minimum absolute atomic E-state index is 0.462. The van der Waals surface area contributed by atoms with E-state index < -0.39 is 0 Å². The number of rotatable bonds is 2. The second-order valence-electron chi connectivity index (χ2n) is 4.61. The van der Waals surface area contributed by atoms with Crippen LogP contribution in [0.5, 0.6) is 0 Å². The van der Waals surface area contributed by atoms with Crippen molar-refractivity contribution in [2.45, 2.75) is 31.3 Å². The Balaban J connectivity index is 1.76. The number of nitrogens with zero attached hydrogens (tertiary/aromatic N) is 3. The van der Waals surface area contributed by atoms with Crippen molar-refractivity contribution in [1.29, 1.82) is 0 Å². The number of hydrogen-bond donors (Lipinski definition) is 1. The van der Waals surface area contributed by atoms with E-state index in [-0.39, 0.29) is 0 Å². The van der Waals surface area contributed by atoms with E-state index in [0.29, 0.717) is 17.2 Å². The SMILES string of the molecule is Clc1ncnc(NC2CCN3CCCC23)c1Br. The molecule has 0 amide bonds. The molecule has 0 radical (unpaired) electrons. The second kappa shape index (κ2) is 4.71. The van der Waals surface area contributed by atoms with Gasteiger partial charge in [-0.25, -0.2) is 9.97 Å². The number of anilines is 1. The first-order valence-electron chi connectivity index (χ1n) is 5.92. The molecule has 0 saturated carbocycles. The summed E-state index contributed by atoms with van der Waals surface area (Å²) in [6.45, 7) is 2.44. The van der Waals surface area contributed by atoms with Crippen molar-refractivity contribution in [3.05, 3.63) is 16.0 Å². The fourth-order valence-corrected chi connectivity index (χ4v) is 3.33. The Morgan fingerprint density at radius 3 is 3.12 bits per heavy atom. The average Bonchev–Trinajstić information content (AvgIpc) is 2.89. The van der Waals surface area contributed by atoms with E-state index in [2.05, 4.69) is 36.1 Å². The molecular weight excluding hydrogens is 304 g/mol. The van der Waals surface area contributed by atoms with Gasteiger partial charge in [0.05, 0.1) is 4.47 Å². The maximum Gasteiger partial charge on any atom is 0.148 e. The Labute approximate surface area is 114 Å². The highest BCUT2D eigenvalue weighted by molar-refractivity contribution is 9.10. The molecule has 1 N–H and O–H groups in total. The highest BCUT2D eigenvalue weighted by Crippen LogP contribution is 2.32. The number of hydrogen-bond acceptors (Lipinski definition) is 4. The van der Waals surface area contributed by atoms with Gasteiger partial charge in [-0.2, -0.15) is 0 Å². The minimum atomic E-state index is 0.462. The van der Waals surface area contributed by atoms with Gasteiger partial charge in [0, 0.05) is 18.6 Å². The van der Waals surface area contributed by atoms with Gasteiger partial charge >= 0.3 is 0 Å². The van der Waals surface area contributed by atoms with Crippen molar-refractivity contribution in [2.24, 2.45) is 0 Å². The quantitative estimate of drug-likeness (QED) is 0.851. The van der Waals surface area contributed by atoms with Crippen molar-refractivity contribution < 1.29 is 0 Å². The van der Waals surface area contributed by atoms with Gasteiger partial charge in [0.25, 0.3) is 0 Å². The maximum atomic E-state index is 5.96. The van der Waals surface area contributed by atoms with Crippen LogP contribution in [0.3, 0.4) is 0 Å². The van der Waals surface area contributed by atoms with Gasteiger partial charge in [-0.1, -0.05) is 11.6 Å². The molecule has 2 unspecified atom stereocenters. The highest BCUT2D eigenvalue weighted by atomic mass is 79.9. The largest absolute Gasteiger partial charge is 0.365 e. The molecule has 0 bridgehead atoms. The molecule has 2 atom stereocenters. The molecule has 3 rings (SSSR count). The molecule has 1 aromatic heterocycles. The van der Waals surface area contributed by atoms with Gasteiger partial charge in [-0.15, -0.1) is 0 Å². The first-order chi connectivity index (χ1) is 8.25. The van der Waals surface area contributed by atoms with Gasteiger partial charge in [-0.05, 0) is 41.7 Å². The first-order valence-corrected chi connectivity index (χ1v) is 7.09. The molecule has 6 heteroatoms. The third-order valence-corrected chi connectivity index (χ3v) is 4.94. The lowest BCUT2D eigenvalue weighted by molar-refractivity contribution is 0.318. The molecule has 2 aliphatic rings. The molecule has 2 fully saturated rings. The van der Waals surface area contributed by atoms with Crippen LogP contribution >= 0.6 is 27.5 Å². The lowest BCUT2D eigenvalue weighted by Gasteiger charge is -2.22. The zero-order valence-corrected chi connectivity index (χ0v) is 11.7. The molecule has 92 valence electrons. The zero-order valence-electron chi connectivity index (χ0n) is 9.37. The summed E-state index contributed by atoms with van der Waals surface area (Å²) in [7, 11) is 0. The van der Waals surface area contributed by atoms with E-state index in [4.69, 9.17) is 11.6 Å². The van der Waals surface area contributed by atoms with Crippen LogP contribution in [0, 0.1) is 0 Å². The van der Waals surface area contributed by atoms with Crippen LogP contribution < -0.4 is 5.32 Å². The van der Waals surface area contributed by atoms with E-state index in [1.165, 1.54) is 38.7 Å². The van der Waals surface area contributed by atoms with Crippen LogP contribution in [-0.4, -0.2) is 40.0 Å². The van der Waals surface area contributed by atoms with Crippen LogP contribution in [0.1, 0.15) is 19.3 Å². The summed E-state index contributed by atoms with van der Waals surface area (Å²) in [5, 5.41) is 3.96. The normalized spacial score (nSPS) is 28.4. The molecular formula is C11H14BrClN4. The number of halogens is 2. The van der Waals surface area contributed by atoms with Crippen molar-refractivity contribution in [2.75, 3.05) is 18.4 Å². The molecule has 4 nitrogen and oxygen atoms in total. The zero-order chi connectivity index (χ0) is 11.8. The highest BCUT2D eigenvalue weighted by Gasteiger charge is 2.37. The minimum Gasteiger partial charge on any atom is -0.365 e. The van der Waals surface area contributed by atoms with Gasteiger partial charge < -0.3 is 5.32 Å². The van der Waals surface area contributed by atoms with Crippen LogP contribution in [0.2, 0.25) is 5.15 Å². The monoisotopic (exact) mass is 316 g/mol. The van der Waals surface area contributed by atoms with Crippen LogP contribution in [-0.2, 0) is 0 Å². The Morgan fingerprint density at radius 1 is 1.35 bits per heavy atom. The summed E-state index contributed by atoms with van der Waals surface area (Å²) < 4.78 is 0.762. The van der Waals surface area contributed by atoms with E-state index in [9.17, 15) is 0 Å². The summed E-state index contributed by atoms with van der Waals surface area (Å²) in [5.41, 5.74) is 0. The van der Waals surface area contributed by atoms with E-state index in [1.807, 2.05) is 0 Å². The maximum absolute atomic E-state index is 5.96. The van der Waals surface area contributed by atoms with Crippen molar-refractivity contribution in [3.63, 3.8) is 0 Å². The third-order valence-electron chi connectivity index (χ3n) is 3.68. The lowest BCUT2D eigenvalue weighted by atomic mass is 10.1. The van der Waals surface area contributed by atoms with Crippen molar-refractivity contribution in [1.82, 2.24) is 14.9 Å². The molecule has 0 aliphatic carbocycles. The molecule has 3 heterocycles. The fraction of sp³-hybridized carbons (Fsp3) is 0.636. The van der Waals surface area contributed by atoms with E-state index in [1.54, 1.807) is 0 Å². The Morgan fingerprint density at radius 2 is 2.24 bits per heavy atom. The summed E-state index contributed by atoms with van der Waals surface area (Å²) in [6, 6.07) is 1.15. The molecule has 0 spiro atoms. The predicted octanol–water partition coefficient (Wildman–Crippen LogP) is 2.54. The van der Waals surface area contributed by atoms with E-state index >= 15 is 0 Å².